The number of nitrogens with one attached hydrogen (secondary N) is 1. The number of carbonyl (C=O) groups is 4. The number of carbonyl (C=O) groups excluding carboxylic acids is 4. The van der Waals surface area contributed by atoms with Crippen molar-refractivity contribution in [1.29, 1.82) is 0 Å². The summed E-state index contributed by atoms with van der Waals surface area (Å²) in [7, 11) is 0. The van der Waals surface area contributed by atoms with Crippen LogP contribution in [0.1, 0.15) is 43.1 Å². The highest BCUT2D eigenvalue weighted by atomic mass is 35.5. The molecule has 2 amide bonds. The van der Waals surface area contributed by atoms with Crippen LogP contribution in [0.4, 0.5) is 15.3 Å². The van der Waals surface area contributed by atoms with Crippen molar-refractivity contribution >= 4 is 52.8 Å². The van der Waals surface area contributed by atoms with Gasteiger partial charge < -0.3 is 14.2 Å². The molecule has 1 atom stereocenters. The van der Waals surface area contributed by atoms with Crippen molar-refractivity contribution in [1.82, 2.24) is 4.90 Å². The molecule has 1 aliphatic rings. The van der Waals surface area contributed by atoms with Gasteiger partial charge in [-0.1, -0.05) is 53.5 Å². The van der Waals surface area contributed by atoms with E-state index in [0.29, 0.717) is 0 Å². The molecule has 0 saturated carbocycles. The van der Waals surface area contributed by atoms with E-state index in [4.69, 9.17) is 37.4 Å². The standard InChI is InChI=1S/C24H24Cl2N2O7/c1-24(2,3)35-22(31)27-17-10-15(25)9-16(26)21(17)18(29)11-19-28(12-20(30)34-19)23(32)33-13-14-7-5-4-6-8-14/h4-10,19H,11-13H2,1-3H3,(H,27,31)/t19-/m0/s1. The SMILES string of the molecule is CC(C)(C)OC(=O)Nc1cc(Cl)cc(Cl)c1C(=O)C[C@@H]1OC(=O)CN1C(=O)OCc1ccccc1. The van der Waals surface area contributed by atoms with Crippen molar-refractivity contribution in [2.24, 2.45) is 0 Å². The molecule has 0 aromatic heterocycles. The fourth-order valence-corrected chi connectivity index (χ4v) is 3.86. The van der Waals surface area contributed by atoms with E-state index in [1.807, 2.05) is 6.07 Å². The Bertz CT molecular complexity index is 1130. The number of hydrogen-bond acceptors (Lipinski definition) is 7. The van der Waals surface area contributed by atoms with Gasteiger partial charge in [-0.2, -0.15) is 0 Å². The van der Waals surface area contributed by atoms with E-state index in [-0.39, 0.29) is 34.4 Å². The number of rotatable bonds is 6. The molecule has 35 heavy (non-hydrogen) atoms. The minimum atomic E-state index is -1.21. The average Bonchev–Trinajstić information content (AvgIpc) is 3.10. The minimum Gasteiger partial charge on any atom is -0.444 e. The number of amides is 2. The summed E-state index contributed by atoms with van der Waals surface area (Å²) in [6, 6.07) is 11.7. The van der Waals surface area contributed by atoms with E-state index >= 15 is 0 Å². The van der Waals surface area contributed by atoms with Crippen molar-refractivity contribution in [2.75, 3.05) is 11.9 Å². The molecule has 1 saturated heterocycles. The number of ether oxygens (including phenoxy) is 3. The number of halogens is 2. The lowest BCUT2D eigenvalue weighted by Crippen LogP contribution is -2.38. The van der Waals surface area contributed by atoms with Crippen LogP contribution in [0.25, 0.3) is 0 Å². The highest BCUT2D eigenvalue weighted by Crippen LogP contribution is 2.32. The van der Waals surface area contributed by atoms with Gasteiger partial charge >= 0.3 is 18.2 Å². The first-order chi connectivity index (χ1) is 16.4. The van der Waals surface area contributed by atoms with Crippen LogP contribution in [-0.4, -0.2) is 47.2 Å². The van der Waals surface area contributed by atoms with Gasteiger partial charge in [0.2, 0.25) is 0 Å². The summed E-state index contributed by atoms with van der Waals surface area (Å²) in [4.78, 5) is 51.0. The molecule has 9 nitrogen and oxygen atoms in total. The molecular formula is C24H24Cl2N2O7. The second-order valence-electron chi connectivity index (χ2n) is 8.68. The van der Waals surface area contributed by atoms with E-state index in [0.717, 1.165) is 10.5 Å². The second-order valence-corrected chi connectivity index (χ2v) is 9.52. The van der Waals surface area contributed by atoms with Crippen molar-refractivity contribution in [2.45, 2.75) is 45.6 Å². The molecule has 0 radical (unpaired) electrons. The molecule has 2 aromatic rings. The predicted octanol–water partition coefficient (Wildman–Crippen LogP) is 5.43. The first kappa shape index (κ1) is 26.3. The fraction of sp³-hybridized carbons (Fsp3) is 0.333. The third kappa shape index (κ3) is 7.34. The van der Waals surface area contributed by atoms with Gasteiger partial charge in [-0.25, -0.2) is 9.59 Å². The molecule has 0 spiro atoms. The van der Waals surface area contributed by atoms with Crippen molar-refractivity contribution in [3.05, 3.63) is 63.6 Å². The number of cyclic esters (lactones) is 1. The fourth-order valence-electron chi connectivity index (χ4n) is 3.26. The van der Waals surface area contributed by atoms with Crippen LogP contribution < -0.4 is 5.32 Å². The zero-order chi connectivity index (χ0) is 25.8. The lowest BCUT2D eigenvalue weighted by atomic mass is 10.0. The smallest absolute Gasteiger partial charge is 0.413 e. The Kier molecular flexibility index (Phi) is 8.24. The predicted molar refractivity (Wildman–Crippen MR) is 128 cm³/mol. The third-order valence-electron chi connectivity index (χ3n) is 4.68. The molecule has 186 valence electrons. The highest BCUT2D eigenvalue weighted by molar-refractivity contribution is 6.38. The Hall–Kier alpha value is -3.30. The minimum absolute atomic E-state index is 0.0159. The Balaban J connectivity index is 1.75. The molecule has 1 fully saturated rings. The first-order valence-corrected chi connectivity index (χ1v) is 11.4. The van der Waals surface area contributed by atoms with Gasteiger partial charge in [-0.05, 0) is 38.5 Å². The third-order valence-corrected chi connectivity index (χ3v) is 5.20. The largest absolute Gasteiger partial charge is 0.444 e. The molecule has 1 N–H and O–H groups in total. The summed E-state index contributed by atoms with van der Waals surface area (Å²) >= 11 is 12.3. The van der Waals surface area contributed by atoms with Gasteiger partial charge in [0.05, 0.1) is 22.7 Å². The number of nitrogens with zero attached hydrogens (tertiary/aromatic N) is 1. The van der Waals surface area contributed by atoms with Crippen LogP contribution >= 0.6 is 23.2 Å². The van der Waals surface area contributed by atoms with E-state index in [1.165, 1.54) is 12.1 Å². The van der Waals surface area contributed by atoms with Gasteiger partial charge in [0.25, 0.3) is 0 Å². The van der Waals surface area contributed by atoms with Crippen molar-refractivity contribution in [3.63, 3.8) is 0 Å². The summed E-state index contributed by atoms with van der Waals surface area (Å²) in [5.41, 5.74) is -0.0765. The number of Topliss-reactive ketones (excluding diaryl/α,β-unsaturated/α-hetero) is 1. The molecule has 0 aliphatic carbocycles. The highest BCUT2D eigenvalue weighted by Gasteiger charge is 2.39. The van der Waals surface area contributed by atoms with Gasteiger partial charge in [-0.15, -0.1) is 0 Å². The quantitative estimate of drug-likeness (QED) is 0.305. The molecular weight excluding hydrogens is 499 g/mol. The number of benzene rings is 2. The van der Waals surface area contributed by atoms with Crippen molar-refractivity contribution in [3.8, 4) is 0 Å². The number of ketones is 1. The van der Waals surface area contributed by atoms with Gasteiger partial charge in [0.15, 0.2) is 12.0 Å². The van der Waals surface area contributed by atoms with Crippen molar-refractivity contribution < 1.29 is 33.4 Å². The molecule has 0 unspecified atom stereocenters. The maximum atomic E-state index is 13.2. The molecule has 3 rings (SSSR count). The van der Waals surface area contributed by atoms with Gasteiger partial charge in [-0.3, -0.25) is 19.8 Å². The van der Waals surface area contributed by atoms with Crippen LogP contribution in [0, 0.1) is 0 Å². The zero-order valence-electron chi connectivity index (χ0n) is 19.3. The second kappa shape index (κ2) is 11.0. The normalized spacial score (nSPS) is 15.4. The van der Waals surface area contributed by atoms with E-state index in [1.54, 1.807) is 45.0 Å². The Morgan fingerprint density at radius 2 is 1.83 bits per heavy atom. The Morgan fingerprint density at radius 1 is 1.14 bits per heavy atom. The number of hydrogen-bond donors (Lipinski definition) is 1. The zero-order valence-corrected chi connectivity index (χ0v) is 20.8. The molecule has 2 aromatic carbocycles. The molecule has 11 heteroatoms. The summed E-state index contributed by atoms with van der Waals surface area (Å²) in [6.45, 7) is 4.66. The summed E-state index contributed by atoms with van der Waals surface area (Å²) in [6.07, 6.45) is -3.26. The molecule has 1 aliphatic heterocycles. The average molecular weight is 523 g/mol. The molecule has 0 bridgehead atoms. The maximum absolute atomic E-state index is 13.2. The summed E-state index contributed by atoms with van der Waals surface area (Å²) in [5.74, 6) is -1.29. The molecule has 1 heterocycles. The van der Waals surface area contributed by atoms with Crippen LogP contribution in [0.3, 0.4) is 0 Å². The van der Waals surface area contributed by atoms with E-state index in [2.05, 4.69) is 5.32 Å². The number of anilines is 1. The Labute approximate surface area is 212 Å². The summed E-state index contributed by atoms with van der Waals surface area (Å²) < 4.78 is 15.7. The summed E-state index contributed by atoms with van der Waals surface area (Å²) in [5, 5.41) is 2.62. The first-order valence-electron chi connectivity index (χ1n) is 10.6. The van der Waals surface area contributed by atoms with E-state index < -0.39 is 42.2 Å². The topological polar surface area (TPSA) is 111 Å². The van der Waals surface area contributed by atoms with Crippen LogP contribution in [0.15, 0.2) is 42.5 Å². The monoisotopic (exact) mass is 522 g/mol. The van der Waals surface area contributed by atoms with Gasteiger partial charge in [0, 0.05) is 5.02 Å². The Morgan fingerprint density at radius 3 is 2.49 bits per heavy atom. The lowest BCUT2D eigenvalue weighted by molar-refractivity contribution is -0.140. The van der Waals surface area contributed by atoms with Gasteiger partial charge in [0.1, 0.15) is 18.8 Å². The van der Waals surface area contributed by atoms with Crippen LogP contribution in [0.2, 0.25) is 10.0 Å². The van der Waals surface area contributed by atoms with Crippen LogP contribution in [0.5, 0.6) is 0 Å². The lowest BCUT2D eigenvalue weighted by Gasteiger charge is -2.22. The maximum Gasteiger partial charge on any atom is 0.413 e. The van der Waals surface area contributed by atoms with Crippen LogP contribution in [-0.2, 0) is 25.6 Å². The number of esters is 1. The van der Waals surface area contributed by atoms with E-state index in [9.17, 15) is 19.2 Å².